The van der Waals surface area contributed by atoms with E-state index in [-0.39, 0.29) is 25.9 Å². The van der Waals surface area contributed by atoms with E-state index in [4.69, 9.17) is 0 Å². The molecular weight excluding hydrogens is 176 g/mol. The van der Waals surface area contributed by atoms with Crippen molar-refractivity contribution in [2.45, 2.75) is 19.0 Å². The molecule has 0 atom stereocenters. The summed E-state index contributed by atoms with van der Waals surface area (Å²) in [6.45, 7) is -0.0833. The Bertz CT molecular complexity index is 221. The van der Waals surface area contributed by atoms with Crippen molar-refractivity contribution in [3.63, 3.8) is 0 Å². The molecule has 1 saturated heterocycles. The van der Waals surface area contributed by atoms with Gasteiger partial charge < -0.3 is 0 Å². The number of alkyl halides is 1. The molecule has 0 aromatic rings. The van der Waals surface area contributed by atoms with Gasteiger partial charge in [-0.2, -0.15) is 12.7 Å². The molecule has 3 nitrogen and oxygen atoms in total. The second-order valence-electron chi connectivity index (χ2n) is 2.52. The van der Waals surface area contributed by atoms with E-state index < -0.39 is 16.6 Å². The highest BCUT2D eigenvalue weighted by Crippen LogP contribution is 2.16. The zero-order valence-corrected chi connectivity index (χ0v) is 6.65. The van der Waals surface area contributed by atoms with Gasteiger partial charge in [-0.15, -0.1) is 0 Å². The lowest BCUT2D eigenvalue weighted by atomic mass is 10.1. The van der Waals surface area contributed by atoms with E-state index in [1.165, 1.54) is 0 Å². The molecule has 0 spiro atoms. The predicted molar refractivity (Wildman–Crippen MR) is 35.7 cm³/mol. The van der Waals surface area contributed by atoms with Crippen LogP contribution in [0.2, 0.25) is 0 Å². The van der Waals surface area contributed by atoms with Crippen molar-refractivity contribution in [3.8, 4) is 0 Å². The lowest BCUT2D eigenvalue weighted by molar-refractivity contribution is 0.206. The van der Waals surface area contributed by atoms with Crippen LogP contribution < -0.4 is 0 Å². The first-order valence-electron chi connectivity index (χ1n) is 3.34. The van der Waals surface area contributed by atoms with Gasteiger partial charge in [0.15, 0.2) is 0 Å². The highest BCUT2D eigenvalue weighted by atomic mass is 32.3. The zero-order chi connectivity index (χ0) is 8.48. The summed E-state index contributed by atoms with van der Waals surface area (Å²) in [5.74, 6) is 0. The Morgan fingerprint density at radius 2 is 1.73 bits per heavy atom. The van der Waals surface area contributed by atoms with Crippen LogP contribution in [-0.4, -0.2) is 32.0 Å². The highest BCUT2D eigenvalue weighted by molar-refractivity contribution is 7.83. The maximum Gasteiger partial charge on any atom is 0.374 e. The fraction of sp³-hybridized carbons (Fsp3) is 1.00. The van der Waals surface area contributed by atoms with Crippen LogP contribution in [0.4, 0.5) is 8.28 Å². The molecule has 6 heteroatoms. The lowest BCUT2D eigenvalue weighted by Gasteiger charge is -2.23. The standard InChI is InChI=1S/C5H9F2NO2S/c6-5-1-3-8(4-2-5)11(7,9)10/h5H,1-4H2. The lowest BCUT2D eigenvalue weighted by Crippen LogP contribution is -2.36. The summed E-state index contributed by atoms with van der Waals surface area (Å²) in [4.78, 5) is 0. The van der Waals surface area contributed by atoms with Crippen LogP contribution >= 0.6 is 0 Å². The topological polar surface area (TPSA) is 37.4 Å². The molecule has 0 aromatic heterocycles. The van der Waals surface area contributed by atoms with Crippen molar-refractivity contribution >= 4 is 10.4 Å². The molecule has 0 unspecified atom stereocenters. The van der Waals surface area contributed by atoms with Crippen molar-refractivity contribution in [3.05, 3.63) is 0 Å². The minimum Gasteiger partial charge on any atom is -0.247 e. The largest absolute Gasteiger partial charge is 0.374 e. The van der Waals surface area contributed by atoms with Crippen molar-refractivity contribution in [2.75, 3.05) is 13.1 Å². The number of rotatable bonds is 1. The van der Waals surface area contributed by atoms with Crippen LogP contribution in [0.5, 0.6) is 0 Å². The quantitative estimate of drug-likeness (QED) is 0.562. The molecule has 11 heavy (non-hydrogen) atoms. The molecule has 0 bridgehead atoms. The second-order valence-corrected chi connectivity index (χ2v) is 3.86. The first-order chi connectivity index (χ1) is 5.00. The normalized spacial score (nSPS) is 23.8. The zero-order valence-electron chi connectivity index (χ0n) is 5.83. The molecule has 1 heterocycles. The van der Waals surface area contributed by atoms with Crippen LogP contribution in [0, 0.1) is 0 Å². The van der Waals surface area contributed by atoms with Gasteiger partial charge in [0.2, 0.25) is 0 Å². The molecule has 0 N–H and O–H groups in total. The molecular formula is C5H9F2NO2S. The number of halogens is 2. The average Bonchev–Trinajstić information content (AvgIpc) is 1.86. The van der Waals surface area contributed by atoms with Gasteiger partial charge in [-0.25, -0.2) is 4.39 Å². The van der Waals surface area contributed by atoms with E-state index >= 15 is 0 Å². The third-order valence-electron chi connectivity index (χ3n) is 1.69. The Balaban J connectivity index is 2.53. The van der Waals surface area contributed by atoms with Crippen molar-refractivity contribution < 1.29 is 16.7 Å². The summed E-state index contributed by atoms with van der Waals surface area (Å²) in [6, 6.07) is 0. The predicted octanol–water partition coefficient (Wildman–Crippen LogP) is 0.635. The van der Waals surface area contributed by atoms with Gasteiger partial charge in [-0.05, 0) is 12.8 Å². The van der Waals surface area contributed by atoms with Crippen LogP contribution in [0.15, 0.2) is 0 Å². The number of hydrogen-bond acceptors (Lipinski definition) is 2. The van der Waals surface area contributed by atoms with Gasteiger partial charge in [0, 0.05) is 13.1 Å². The third kappa shape index (κ3) is 2.37. The van der Waals surface area contributed by atoms with Crippen LogP contribution in [0.1, 0.15) is 12.8 Å². The molecule has 0 aromatic carbocycles. The van der Waals surface area contributed by atoms with Crippen LogP contribution in [0.25, 0.3) is 0 Å². The summed E-state index contributed by atoms with van der Waals surface area (Å²) in [5, 5.41) is 0. The van der Waals surface area contributed by atoms with Crippen molar-refractivity contribution in [2.24, 2.45) is 0 Å². The highest BCUT2D eigenvalue weighted by Gasteiger charge is 2.26. The maximum atomic E-state index is 12.4. The van der Waals surface area contributed by atoms with E-state index in [0.717, 1.165) is 0 Å². The number of piperidine rings is 1. The van der Waals surface area contributed by atoms with Gasteiger partial charge in [0.25, 0.3) is 0 Å². The molecule has 0 saturated carbocycles. The molecule has 0 aliphatic carbocycles. The summed E-state index contributed by atoms with van der Waals surface area (Å²) < 4.78 is 45.7. The fourth-order valence-electron chi connectivity index (χ4n) is 1.04. The molecule has 1 aliphatic heterocycles. The van der Waals surface area contributed by atoms with Gasteiger partial charge >= 0.3 is 10.4 Å². The smallest absolute Gasteiger partial charge is 0.247 e. The third-order valence-corrected chi connectivity index (χ3v) is 2.67. The molecule has 1 aliphatic rings. The minimum atomic E-state index is -4.58. The van der Waals surface area contributed by atoms with Crippen molar-refractivity contribution in [1.82, 2.24) is 4.31 Å². The van der Waals surface area contributed by atoms with Gasteiger partial charge in [0.1, 0.15) is 6.17 Å². The minimum absolute atomic E-state index is 0.0417. The molecule has 0 radical (unpaired) electrons. The Kier molecular flexibility index (Phi) is 2.43. The molecule has 0 amide bonds. The monoisotopic (exact) mass is 185 g/mol. The first kappa shape index (κ1) is 8.86. The van der Waals surface area contributed by atoms with E-state index in [1.807, 2.05) is 0 Å². The fourth-order valence-corrected chi connectivity index (χ4v) is 1.69. The van der Waals surface area contributed by atoms with E-state index in [1.54, 1.807) is 0 Å². The summed E-state index contributed by atoms with van der Waals surface area (Å²) >= 11 is 0. The first-order valence-corrected chi connectivity index (χ1v) is 4.68. The van der Waals surface area contributed by atoms with E-state index in [2.05, 4.69) is 0 Å². The SMILES string of the molecule is O=S(=O)(F)N1CCC(F)CC1. The van der Waals surface area contributed by atoms with Crippen molar-refractivity contribution in [1.29, 1.82) is 0 Å². The number of hydrogen-bond donors (Lipinski definition) is 0. The Morgan fingerprint density at radius 1 is 1.27 bits per heavy atom. The Labute approximate surface area is 64.3 Å². The van der Waals surface area contributed by atoms with Crippen LogP contribution in [0.3, 0.4) is 0 Å². The number of nitrogens with zero attached hydrogens (tertiary/aromatic N) is 1. The van der Waals surface area contributed by atoms with E-state index in [0.29, 0.717) is 4.31 Å². The molecule has 1 fully saturated rings. The van der Waals surface area contributed by atoms with Gasteiger partial charge in [-0.3, -0.25) is 0 Å². The van der Waals surface area contributed by atoms with Gasteiger partial charge in [0.05, 0.1) is 0 Å². The maximum absolute atomic E-state index is 12.4. The second kappa shape index (κ2) is 3.02. The van der Waals surface area contributed by atoms with Gasteiger partial charge in [-0.1, -0.05) is 3.89 Å². The molecule has 1 rings (SSSR count). The Morgan fingerprint density at radius 3 is 2.09 bits per heavy atom. The average molecular weight is 185 g/mol. The summed E-state index contributed by atoms with van der Waals surface area (Å²) in [7, 11) is -4.58. The summed E-state index contributed by atoms with van der Waals surface area (Å²) in [6.07, 6.45) is -0.778. The van der Waals surface area contributed by atoms with E-state index in [9.17, 15) is 16.7 Å². The molecule has 66 valence electrons. The Hall–Kier alpha value is -0.230. The summed E-state index contributed by atoms with van der Waals surface area (Å²) in [5.41, 5.74) is 0. The van der Waals surface area contributed by atoms with Crippen LogP contribution in [-0.2, 0) is 10.4 Å².